The SMILES string of the molecule is COc1ccccc1Cn1nc(C)c2c1C(=O)NC2c1cccc(C(F)(F)F)c1. The summed E-state index contributed by atoms with van der Waals surface area (Å²) in [5.74, 6) is 0.306. The van der Waals surface area contributed by atoms with E-state index in [1.54, 1.807) is 24.8 Å². The van der Waals surface area contributed by atoms with Crippen molar-refractivity contribution in [3.63, 3.8) is 0 Å². The molecule has 29 heavy (non-hydrogen) atoms. The number of amides is 1. The molecular weight excluding hydrogens is 383 g/mol. The lowest BCUT2D eigenvalue weighted by atomic mass is 9.98. The van der Waals surface area contributed by atoms with Crippen LogP contribution in [-0.4, -0.2) is 22.8 Å². The van der Waals surface area contributed by atoms with Crippen molar-refractivity contribution in [3.8, 4) is 5.75 Å². The highest BCUT2D eigenvalue weighted by atomic mass is 19.4. The van der Waals surface area contributed by atoms with Gasteiger partial charge in [0.2, 0.25) is 0 Å². The van der Waals surface area contributed by atoms with Crippen molar-refractivity contribution in [3.05, 3.63) is 82.2 Å². The van der Waals surface area contributed by atoms with Gasteiger partial charge >= 0.3 is 6.18 Å². The van der Waals surface area contributed by atoms with Gasteiger partial charge in [0.15, 0.2) is 0 Å². The van der Waals surface area contributed by atoms with Crippen LogP contribution >= 0.6 is 0 Å². The highest BCUT2D eigenvalue weighted by Crippen LogP contribution is 2.37. The Kier molecular flexibility index (Phi) is 4.56. The average Bonchev–Trinajstić information content (AvgIpc) is 3.20. The smallest absolute Gasteiger partial charge is 0.416 e. The molecule has 0 radical (unpaired) electrons. The number of aryl methyl sites for hydroxylation is 1. The molecule has 150 valence electrons. The molecule has 2 aromatic carbocycles. The van der Waals surface area contributed by atoms with E-state index in [0.717, 1.165) is 17.7 Å². The second-order valence-electron chi connectivity index (χ2n) is 6.85. The maximum atomic E-state index is 13.1. The number of alkyl halides is 3. The Morgan fingerprint density at radius 3 is 2.66 bits per heavy atom. The van der Waals surface area contributed by atoms with E-state index in [2.05, 4.69) is 10.4 Å². The van der Waals surface area contributed by atoms with Crippen LogP contribution in [0, 0.1) is 6.92 Å². The predicted octanol–water partition coefficient (Wildman–Crippen LogP) is 4.10. The summed E-state index contributed by atoms with van der Waals surface area (Å²) in [4.78, 5) is 12.7. The molecule has 0 fully saturated rings. The molecule has 1 unspecified atom stereocenters. The van der Waals surface area contributed by atoms with Crippen molar-refractivity contribution in [2.24, 2.45) is 0 Å². The third kappa shape index (κ3) is 3.35. The number of aromatic nitrogens is 2. The van der Waals surface area contributed by atoms with E-state index in [9.17, 15) is 18.0 Å². The van der Waals surface area contributed by atoms with Gasteiger partial charge < -0.3 is 10.1 Å². The normalized spacial score (nSPS) is 15.9. The second-order valence-corrected chi connectivity index (χ2v) is 6.85. The summed E-state index contributed by atoms with van der Waals surface area (Å²) in [6.07, 6.45) is -4.45. The largest absolute Gasteiger partial charge is 0.496 e. The molecule has 1 aliphatic rings. The number of benzene rings is 2. The fourth-order valence-corrected chi connectivity index (χ4v) is 3.71. The molecule has 4 rings (SSSR count). The first-order chi connectivity index (χ1) is 13.8. The van der Waals surface area contributed by atoms with Crippen LogP contribution < -0.4 is 10.1 Å². The number of carbonyl (C=O) groups excluding carboxylic acids is 1. The zero-order valence-electron chi connectivity index (χ0n) is 15.7. The van der Waals surface area contributed by atoms with Gasteiger partial charge in [-0.25, -0.2) is 0 Å². The van der Waals surface area contributed by atoms with E-state index in [-0.39, 0.29) is 5.91 Å². The molecule has 5 nitrogen and oxygen atoms in total. The Labute approximate surface area is 165 Å². The first-order valence-corrected chi connectivity index (χ1v) is 8.97. The molecule has 1 amide bonds. The fourth-order valence-electron chi connectivity index (χ4n) is 3.71. The monoisotopic (exact) mass is 401 g/mol. The Bertz CT molecular complexity index is 1090. The van der Waals surface area contributed by atoms with Crippen LogP contribution in [0.25, 0.3) is 0 Å². The third-order valence-corrected chi connectivity index (χ3v) is 5.01. The number of hydrogen-bond donors (Lipinski definition) is 1. The van der Waals surface area contributed by atoms with Gasteiger partial charge in [-0.3, -0.25) is 9.48 Å². The molecule has 1 aromatic heterocycles. The average molecular weight is 401 g/mol. The zero-order chi connectivity index (χ0) is 20.8. The fraction of sp³-hybridized carbons (Fsp3) is 0.238. The van der Waals surface area contributed by atoms with E-state index in [1.807, 2.05) is 24.3 Å². The summed E-state index contributed by atoms with van der Waals surface area (Å²) in [6.45, 7) is 2.06. The highest BCUT2D eigenvalue weighted by molar-refractivity contribution is 5.98. The van der Waals surface area contributed by atoms with Gasteiger partial charge in [-0.1, -0.05) is 30.3 Å². The third-order valence-electron chi connectivity index (χ3n) is 5.01. The minimum Gasteiger partial charge on any atom is -0.496 e. The van der Waals surface area contributed by atoms with Gasteiger partial charge in [-0.05, 0) is 30.7 Å². The minimum absolute atomic E-state index is 0.308. The molecular formula is C21H18F3N3O2. The molecule has 1 aliphatic heterocycles. The van der Waals surface area contributed by atoms with Gasteiger partial charge in [-0.2, -0.15) is 18.3 Å². The Morgan fingerprint density at radius 2 is 1.93 bits per heavy atom. The number of nitrogens with zero attached hydrogens (tertiary/aromatic N) is 2. The lowest BCUT2D eigenvalue weighted by molar-refractivity contribution is -0.137. The Hall–Kier alpha value is -3.29. The maximum absolute atomic E-state index is 13.1. The van der Waals surface area contributed by atoms with Crippen LogP contribution in [-0.2, 0) is 12.7 Å². The molecule has 0 saturated heterocycles. The molecule has 3 aromatic rings. The number of nitrogens with one attached hydrogen (secondary N) is 1. The number of halogens is 3. The van der Waals surface area contributed by atoms with Crippen molar-refractivity contribution in [1.82, 2.24) is 15.1 Å². The van der Waals surface area contributed by atoms with E-state index >= 15 is 0 Å². The van der Waals surface area contributed by atoms with Crippen LogP contribution in [0.3, 0.4) is 0 Å². The molecule has 1 N–H and O–H groups in total. The molecule has 0 aliphatic carbocycles. The predicted molar refractivity (Wildman–Crippen MR) is 99.8 cm³/mol. The number of fused-ring (bicyclic) bond motifs is 1. The summed E-state index contributed by atoms with van der Waals surface area (Å²) in [7, 11) is 1.56. The topological polar surface area (TPSA) is 56.2 Å². The van der Waals surface area contributed by atoms with Crippen LogP contribution in [0.1, 0.15) is 44.5 Å². The number of para-hydroxylation sites is 1. The Morgan fingerprint density at radius 1 is 1.17 bits per heavy atom. The van der Waals surface area contributed by atoms with Crippen molar-refractivity contribution in [1.29, 1.82) is 0 Å². The summed E-state index contributed by atoms with van der Waals surface area (Å²) in [6, 6.07) is 11.7. The lowest BCUT2D eigenvalue weighted by Gasteiger charge is -2.14. The molecule has 2 heterocycles. The first kappa shape index (κ1) is 19.0. The summed E-state index contributed by atoms with van der Waals surface area (Å²) < 4.78 is 46.3. The first-order valence-electron chi connectivity index (χ1n) is 8.97. The van der Waals surface area contributed by atoms with E-state index < -0.39 is 17.8 Å². The second kappa shape index (κ2) is 6.95. The number of ether oxygens (including phenoxy) is 1. The number of rotatable bonds is 4. The molecule has 1 atom stereocenters. The van der Waals surface area contributed by atoms with Gasteiger partial charge in [0.25, 0.3) is 5.91 Å². The van der Waals surface area contributed by atoms with Crippen molar-refractivity contribution in [2.75, 3.05) is 7.11 Å². The van der Waals surface area contributed by atoms with E-state index in [4.69, 9.17) is 4.74 Å². The maximum Gasteiger partial charge on any atom is 0.416 e. The summed E-state index contributed by atoms with van der Waals surface area (Å²) in [5, 5.41) is 7.27. The molecule has 0 saturated carbocycles. The van der Waals surface area contributed by atoms with E-state index in [1.165, 1.54) is 6.07 Å². The number of hydrogen-bond acceptors (Lipinski definition) is 3. The quantitative estimate of drug-likeness (QED) is 0.716. The molecule has 8 heteroatoms. The van der Waals surface area contributed by atoms with Crippen LogP contribution in [0.4, 0.5) is 13.2 Å². The minimum atomic E-state index is -4.45. The van der Waals surface area contributed by atoms with E-state index in [0.29, 0.717) is 34.8 Å². The van der Waals surface area contributed by atoms with Crippen molar-refractivity contribution in [2.45, 2.75) is 25.7 Å². The number of methoxy groups -OCH3 is 1. The molecule has 0 bridgehead atoms. The van der Waals surface area contributed by atoms with Crippen LogP contribution in [0.15, 0.2) is 48.5 Å². The van der Waals surface area contributed by atoms with Crippen LogP contribution in [0.2, 0.25) is 0 Å². The van der Waals surface area contributed by atoms with Crippen LogP contribution in [0.5, 0.6) is 5.75 Å². The summed E-state index contributed by atoms with van der Waals surface area (Å²) in [5.41, 5.74) is 2.01. The highest BCUT2D eigenvalue weighted by Gasteiger charge is 2.38. The van der Waals surface area contributed by atoms with Gasteiger partial charge in [0, 0.05) is 11.1 Å². The zero-order valence-corrected chi connectivity index (χ0v) is 15.7. The Balaban J connectivity index is 1.75. The number of carbonyl (C=O) groups is 1. The van der Waals surface area contributed by atoms with Gasteiger partial charge in [0.05, 0.1) is 31.0 Å². The van der Waals surface area contributed by atoms with Crippen molar-refractivity contribution < 1.29 is 22.7 Å². The van der Waals surface area contributed by atoms with Gasteiger partial charge in [0.1, 0.15) is 11.4 Å². The van der Waals surface area contributed by atoms with Crippen molar-refractivity contribution >= 4 is 5.91 Å². The standard InChI is InChI=1S/C21H18F3N3O2/c1-12-17-18(13-7-5-8-15(10-13)21(22,23)24)25-20(28)19(17)27(26-12)11-14-6-3-4-9-16(14)29-2/h3-10,18H,11H2,1-2H3,(H,25,28). The lowest BCUT2D eigenvalue weighted by Crippen LogP contribution is -2.23. The molecule has 0 spiro atoms. The summed E-state index contributed by atoms with van der Waals surface area (Å²) >= 11 is 0. The van der Waals surface area contributed by atoms with Gasteiger partial charge in [-0.15, -0.1) is 0 Å².